The van der Waals surface area contributed by atoms with Crippen molar-refractivity contribution < 1.29 is 4.79 Å². The Morgan fingerprint density at radius 2 is 2.00 bits per heavy atom. The minimum Gasteiger partial charge on any atom is -0.325 e. The standard InChI is InChI=1S/C18H20N4OS2/c1-11(2)13-7-4-5-8-14(13)19-17(23)12(3)25-18-20-16(21-22-18)15-9-6-10-24-15/h4-12H,1-3H3,(H,19,23)(H,20,21,22). The number of benzene rings is 1. The summed E-state index contributed by atoms with van der Waals surface area (Å²) >= 11 is 2.94. The summed E-state index contributed by atoms with van der Waals surface area (Å²) in [6, 6.07) is 11.9. The van der Waals surface area contributed by atoms with Crippen LogP contribution >= 0.6 is 23.1 Å². The number of carbonyl (C=O) groups excluding carboxylic acids is 1. The summed E-state index contributed by atoms with van der Waals surface area (Å²) in [7, 11) is 0. The third-order valence-electron chi connectivity index (χ3n) is 3.71. The van der Waals surface area contributed by atoms with Gasteiger partial charge in [0.15, 0.2) is 5.82 Å². The first-order valence-corrected chi connectivity index (χ1v) is 9.83. The number of aromatic amines is 1. The highest BCUT2D eigenvalue weighted by molar-refractivity contribution is 8.00. The highest BCUT2D eigenvalue weighted by Crippen LogP contribution is 2.27. The zero-order chi connectivity index (χ0) is 17.8. The Bertz CT molecular complexity index is 842. The molecular formula is C18H20N4OS2. The molecule has 2 N–H and O–H groups in total. The van der Waals surface area contributed by atoms with Gasteiger partial charge in [0.05, 0.1) is 10.1 Å². The van der Waals surface area contributed by atoms with E-state index in [4.69, 9.17) is 0 Å². The van der Waals surface area contributed by atoms with E-state index in [1.807, 2.05) is 48.7 Å². The topological polar surface area (TPSA) is 70.7 Å². The first kappa shape index (κ1) is 17.7. The van der Waals surface area contributed by atoms with Crippen LogP contribution in [0.15, 0.2) is 46.9 Å². The second-order valence-electron chi connectivity index (χ2n) is 5.94. The molecule has 0 spiro atoms. The number of nitrogens with zero attached hydrogens (tertiary/aromatic N) is 2. The normalized spacial score (nSPS) is 12.3. The SMILES string of the molecule is CC(Sc1n[nH]c(-c2cccs2)n1)C(=O)Nc1ccccc1C(C)C. The van der Waals surface area contributed by atoms with Gasteiger partial charge in [-0.25, -0.2) is 4.98 Å². The first-order valence-electron chi connectivity index (χ1n) is 8.07. The van der Waals surface area contributed by atoms with Gasteiger partial charge in [-0.1, -0.05) is 49.9 Å². The minimum atomic E-state index is -0.299. The van der Waals surface area contributed by atoms with E-state index >= 15 is 0 Å². The van der Waals surface area contributed by atoms with Crippen molar-refractivity contribution in [1.29, 1.82) is 0 Å². The van der Waals surface area contributed by atoms with Crippen molar-refractivity contribution in [1.82, 2.24) is 15.2 Å². The van der Waals surface area contributed by atoms with Crippen LogP contribution in [0.1, 0.15) is 32.3 Å². The summed E-state index contributed by atoms with van der Waals surface area (Å²) in [5.41, 5.74) is 2.00. The molecule has 0 aliphatic carbocycles. The number of rotatable bonds is 6. The zero-order valence-electron chi connectivity index (χ0n) is 14.3. The van der Waals surface area contributed by atoms with Crippen LogP contribution in [0, 0.1) is 0 Å². The average molecular weight is 373 g/mol. The Morgan fingerprint density at radius 3 is 2.72 bits per heavy atom. The molecule has 0 saturated carbocycles. The molecule has 1 aromatic carbocycles. The van der Waals surface area contributed by atoms with E-state index in [1.165, 1.54) is 11.8 Å². The van der Waals surface area contributed by atoms with Gasteiger partial charge in [-0.15, -0.1) is 16.4 Å². The molecule has 5 nitrogen and oxygen atoms in total. The van der Waals surface area contributed by atoms with E-state index in [0.717, 1.165) is 22.0 Å². The van der Waals surface area contributed by atoms with Crippen LogP contribution in [0.3, 0.4) is 0 Å². The molecule has 3 rings (SSSR count). The van der Waals surface area contributed by atoms with Gasteiger partial charge in [0.2, 0.25) is 11.1 Å². The maximum atomic E-state index is 12.5. The summed E-state index contributed by atoms with van der Waals surface area (Å²) in [6.45, 7) is 6.09. The van der Waals surface area contributed by atoms with E-state index in [1.54, 1.807) is 11.3 Å². The summed E-state index contributed by atoms with van der Waals surface area (Å²) in [5.74, 6) is 1.02. The number of hydrogen-bond acceptors (Lipinski definition) is 5. The number of hydrogen-bond donors (Lipinski definition) is 2. The Kier molecular flexibility index (Phi) is 5.55. The van der Waals surface area contributed by atoms with Crippen molar-refractivity contribution in [3.05, 3.63) is 47.3 Å². The lowest BCUT2D eigenvalue weighted by atomic mass is 10.0. The first-order chi connectivity index (χ1) is 12.0. The van der Waals surface area contributed by atoms with Gasteiger partial charge >= 0.3 is 0 Å². The molecule has 1 unspecified atom stereocenters. The zero-order valence-corrected chi connectivity index (χ0v) is 15.9. The summed E-state index contributed by atoms with van der Waals surface area (Å²) in [4.78, 5) is 18.0. The van der Waals surface area contributed by atoms with Crippen molar-refractivity contribution in [2.45, 2.75) is 37.1 Å². The average Bonchev–Trinajstić information content (AvgIpc) is 3.26. The van der Waals surface area contributed by atoms with Gasteiger partial charge in [0.1, 0.15) is 0 Å². The lowest BCUT2D eigenvalue weighted by molar-refractivity contribution is -0.115. The van der Waals surface area contributed by atoms with Gasteiger partial charge in [0.25, 0.3) is 0 Å². The second kappa shape index (κ2) is 7.84. The number of carbonyl (C=O) groups is 1. The van der Waals surface area contributed by atoms with Crippen molar-refractivity contribution in [2.24, 2.45) is 0 Å². The lowest BCUT2D eigenvalue weighted by Crippen LogP contribution is -2.23. The smallest absolute Gasteiger partial charge is 0.237 e. The van der Waals surface area contributed by atoms with Crippen LogP contribution < -0.4 is 5.32 Å². The summed E-state index contributed by atoms with van der Waals surface area (Å²) in [6.07, 6.45) is 0. The van der Waals surface area contributed by atoms with Gasteiger partial charge in [-0.05, 0) is 35.9 Å². The third kappa shape index (κ3) is 4.29. The fraction of sp³-hybridized carbons (Fsp3) is 0.278. The number of amides is 1. The Labute approximate surface area is 155 Å². The van der Waals surface area contributed by atoms with Gasteiger partial charge in [-0.3, -0.25) is 9.89 Å². The highest BCUT2D eigenvalue weighted by atomic mass is 32.2. The molecule has 0 fully saturated rings. The monoisotopic (exact) mass is 372 g/mol. The van der Waals surface area contributed by atoms with Crippen LogP contribution in [-0.2, 0) is 4.79 Å². The fourth-order valence-corrected chi connectivity index (χ4v) is 3.77. The molecule has 0 bridgehead atoms. The largest absolute Gasteiger partial charge is 0.325 e. The quantitative estimate of drug-likeness (QED) is 0.611. The molecule has 25 heavy (non-hydrogen) atoms. The molecule has 2 aromatic heterocycles. The molecular weight excluding hydrogens is 352 g/mol. The molecule has 1 amide bonds. The van der Waals surface area contributed by atoms with Crippen molar-refractivity contribution in [3.63, 3.8) is 0 Å². The number of nitrogens with one attached hydrogen (secondary N) is 2. The maximum Gasteiger partial charge on any atom is 0.237 e. The highest BCUT2D eigenvalue weighted by Gasteiger charge is 2.19. The van der Waals surface area contributed by atoms with Gasteiger partial charge < -0.3 is 5.32 Å². The second-order valence-corrected chi connectivity index (χ2v) is 8.19. The van der Waals surface area contributed by atoms with Crippen molar-refractivity contribution in [2.75, 3.05) is 5.32 Å². The van der Waals surface area contributed by atoms with E-state index in [9.17, 15) is 4.79 Å². The van der Waals surface area contributed by atoms with Gasteiger partial charge in [-0.2, -0.15) is 0 Å². The molecule has 7 heteroatoms. The predicted octanol–water partition coefficient (Wildman–Crippen LogP) is 4.78. The van der Waals surface area contributed by atoms with Crippen molar-refractivity contribution >= 4 is 34.7 Å². The number of para-hydroxylation sites is 1. The fourth-order valence-electron chi connectivity index (χ4n) is 2.38. The summed E-state index contributed by atoms with van der Waals surface area (Å²) < 4.78 is 0. The van der Waals surface area contributed by atoms with E-state index < -0.39 is 0 Å². The lowest BCUT2D eigenvalue weighted by Gasteiger charge is -2.15. The number of thiophene rings is 1. The van der Waals surface area contributed by atoms with Crippen LogP contribution in [0.25, 0.3) is 10.7 Å². The van der Waals surface area contributed by atoms with E-state index in [2.05, 4.69) is 34.3 Å². The Balaban J connectivity index is 1.65. The Morgan fingerprint density at radius 1 is 1.20 bits per heavy atom. The van der Waals surface area contributed by atoms with Gasteiger partial charge in [0, 0.05) is 5.69 Å². The molecule has 130 valence electrons. The van der Waals surface area contributed by atoms with Crippen LogP contribution in [0.2, 0.25) is 0 Å². The van der Waals surface area contributed by atoms with E-state index in [-0.39, 0.29) is 11.2 Å². The van der Waals surface area contributed by atoms with E-state index in [0.29, 0.717) is 11.1 Å². The summed E-state index contributed by atoms with van der Waals surface area (Å²) in [5, 5.41) is 12.4. The number of aromatic nitrogens is 3. The molecule has 0 aliphatic rings. The molecule has 0 aliphatic heterocycles. The third-order valence-corrected chi connectivity index (χ3v) is 5.55. The van der Waals surface area contributed by atoms with Crippen LogP contribution in [-0.4, -0.2) is 26.3 Å². The number of anilines is 1. The molecule has 2 heterocycles. The van der Waals surface area contributed by atoms with Crippen LogP contribution in [0.5, 0.6) is 0 Å². The number of thioether (sulfide) groups is 1. The Hall–Kier alpha value is -2.12. The minimum absolute atomic E-state index is 0.0550. The predicted molar refractivity (Wildman–Crippen MR) is 104 cm³/mol. The van der Waals surface area contributed by atoms with Crippen molar-refractivity contribution in [3.8, 4) is 10.7 Å². The molecule has 0 radical (unpaired) electrons. The maximum absolute atomic E-state index is 12.5. The number of H-pyrrole nitrogens is 1. The molecule has 1 atom stereocenters. The molecule has 0 saturated heterocycles. The molecule has 3 aromatic rings. The van der Waals surface area contributed by atoms with Crippen LogP contribution in [0.4, 0.5) is 5.69 Å².